The van der Waals surface area contributed by atoms with E-state index in [0.717, 1.165) is 30.1 Å². The highest BCUT2D eigenvalue weighted by Crippen LogP contribution is 2.18. The zero-order chi connectivity index (χ0) is 11.8. The number of hydrogen-bond acceptors (Lipinski definition) is 3. The molecule has 0 spiro atoms. The molecular formula is C12H11FN4. The molecule has 0 saturated carbocycles. The second-order valence-electron chi connectivity index (χ2n) is 3.96. The van der Waals surface area contributed by atoms with Gasteiger partial charge in [0, 0.05) is 13.0 Å². The Morgan fingerprint density at radius 1 is 1.29 bits per heavy atom. The van der Waals surface area contributed by atoms with Crippen molar-refractivity contribution < 1.29 is 4.39 Å². The van der Waals surface area contributed by atoms with Crippen molar-refractivity contribution in [3.63, 3.8) is 0 Å². The Morgan fingerprint density at radius 3 is 2.94 bits per heavy atom. The average molecular weight is 230 g/mol. The number of fused-ring (bicyclic) bond motifs is 1. The van der Waals surface area contributed by atoms with Gasteiger partial charge in [0.05, 0.1) is 17.6 Å². The van der Waals surface area contributed by atoms with Crippen molar-refractivity contribution in [1.29, 1.82) is 0 Å². The summed E-state index contributed by atoms with van der Waals surface area (Å²) < 4.78 is 14.7. The molecule has 0 atom stereocenters. The van der Waals surface area contributed by atoms with E-state index in [9.17, 15) is 4.39 Å². The van der Waals surface area contributed by atoms with E-state index in [2.05, 4.69) is 15.0 Å². The summed E-state index contributed by atoms with van der Waals surface area (Å²) in [5.41, 5.74) is 2.96. The fourth-order valence-corrected chi connectivity index (χ4v) is 2.03. The van der Waals surface area contributed by atoms with Gasteiger partial charge in [0.15, 0.2) is 0 Å². The molecule has 2 aromatic heterocycles. The Labute approximate surface area is 97.9 Å². The lowest BCUT2D eigenvalue weighted by Crippen LogP contribution is -2.13. The highest BCUT2D eigenvalue weighted by molar-refractivity contribution is 5.98. The molecule has 0 aliphatic carbocycles. The summed E-state index contributed by atoms with van der Waals surface area (Å²) in [5, 5.41) is 0. The third-order valence-corrected chi connectivity index (χ3v) is 2.87. The van der Waals surface area contributed by atoms with E-state index in [1.54, 1.807) is 12.4 Å². The van der Waals surface area contributed by atoms with Crippen LogP contribution in [0.1, 0.15) is 18.3 Å². The topological polar surface area (TPSA) is 43.1 Å². The lowest BCUT2D eigenvalue weighted by molar-refractivity contribution is 0.620. The van der Waals surface area contributed by atoms with Gasteiger partial charge in [-0.2, -0.15) is 0 Å². The highest BCUT2D eigenvalue weighted by atomic mass is 19.1. The lowest BCUT2D eigenvalue weighted by atomic mass is 10.1. The van der Waals surface area contributed by atoms with Gasteiger partial charge in [0.1, 0.15) is 23.7 Å². The van der Waals surface area contributed by atoms with Crippen molar-refractivity contribution in [2.45, 2.75) is 13.3 Å². The Balaban J connectivity index is 2.11. The summed E-state index contributed by atoms with van der Waals surface area (Å²) in [5.74, 6) is 0.357. The van der Waals surface area contributed by atoms with Gasteiger partial charge >= 0.3 is 0 Å². The summed E-state index contributed by atoms with van der Waals surface area (Å²) in [6.45, 7) is 2.72. The van der Waals surface area contributed by atoms with Crippen molar-refractivity contribution in [3.05, 3.63) is 41.9 Å². The van der Waals surface area contributed by atoms with E-state index < -0.39 is 0 Å². The minimum absolute atomic E-state index is 0.333. The summed E-state index contributed by atoms with van der Waals surface area (Å²) >= 11 is 0. The van der Waals surface area contributed by atoms with Crippen LogP contribution in [0, 0.1) is 5.82 Å². The molecule has 3 rings (SSSR count). The monoisotopic (exact) mass is 230 g/mol. The van der Waals surface area contributed by atoms with E-state index in [0.29, 0.717) is 5.82 Å². The molecule has 0 N–H and O–H groups in total. The summed E-state index contributed by atoms with van der Waals surface area (Å²) in [7, 11) is 0. The average Bonchev–Trinajstić information content (AvgIpc) is 2.75. The number of aliphatic imine (C=N–C) groups is 1. The van der Waals surface area contributed by atoms with Gasteiger partial charge in [-0.1, -0.05) is 0 Å². The first kappa shape index (κ1) is 10.1. The van der Waals surface area contributed by atoms with Crippen LogP contribution in [-0.4, -0.2) is 26.8 Å². The van der Waals surface area contributed by atoms with Crippen molar-refractivity contribution in [3.8, 4) is 5.82 Å². The number of halogens is 1. The second-order valence-corrected chi connectivity index (χ2v) is 3.96. The smallest absolute Gasteiger partial charge is 0.141 e. The van der Waals surface area contributed by atoms with Crippen LogP contribution in [0.3, 0.4) is 0 Å². The zero-order valence-corrected chi connectivity index (χ0v) is 9.39. The van der Waals surface area contributed by atoms with Crippen molar-refractivity contribution in [2.75, 3.05) is 6.54 Å². The lowest BCUT2D eigenvalue weighted by Gasteiger charge is -2.12. The molecule has 1 aliphatic rings. The van der Waals surface area contributed by atoms with Crippen LogP contribution in [0.2, 0.25) is 0 Å². The molecule has 4 nitrogen and oxygen atoms in total. The maximum absolute atomic E-state index is 12.8. The van der Waals surface area contributed by atoms with Gasteiger partial charge in [0.2, 0.25) is 0 Å². The standard InChI is InChI=1S/C12H11FN4/c1-8-12-10(4-5-14-8)17(7-16-12)11-3-2-9(13)6-15-11/h2-3,6-7H,4-5H2,1H3. The Hall–Kier alpha value is -2.04. The SMILES string of the molecule is CC1=NCCc2c1ncn2-c1ccc(F)cn1. The van der Waals surface area contributed by atoms with Crippen LogP contribution in [0.15, 0.2) is 29.6 Å². The van der Waals surface area contributed by atoms with Crippen molar-refractivity contribution >= 4 is 5.71 Å². The summed E-state index contributed by atoms with van der Waals surface area (Å²) in [6.07, 6.45) is 3.77. The molecule has 5 heteroatoms. The van der Waals surface area contributed by atoms with E-state index in [-0.39, 0.29) is 5.82 Å². The van der Waals surface area contributed by atoms with Crippen LogP contribution in [0.5, 0.6) is 0 Å². The van der Waals surface area contributed by atoms with Crippen LogP contribution in [0.4, 0.5) is 4.39 Å². The predicted octanol–water partition coefficient (Wildman–Crippen LogP) is 1.77. The molecule has 0 aromatic carbocycles. The molecule has 3 heterocycles. The number of hydrogen-bond donors (Lipinski definition) is 0. The van der Waals surface area contributed by atoms with Crippen LogP contribution in [-0.2, 0) is 6.42 Å². The molecule has 0 saturated heterocycles. The van der Waals surface area contributed by atoms with E-state index in [1.165, 1.54) is 12.3 Å². The van der Waals surface area contributed by atoms with E-state index in [4.69, 9.17) is 0 Å². The van der Waals surface area contributed by atoms with Gasteiger partial charge in [-0.05, 0) is 19.1 Å². The molecule has 0 bridgehead atoms. The Kier molecular flexibility index (Phi) is 2.24. The fourth-order valence-electron chi connectivity index (χ4n) is 2.03. The molecule has 86 valence electrons. The number of aromatic nitrogens is 3. The van der Waals surface area contributed by atoms with Crippen molar-refractivity contribution in [1.82, 2.24) is 14.5 Å². The predicted molar refractivity (Wildman–Crippen MR) is 62.1 cm³/mol. The van der Waals surface area contributed by atoms with Gasteiger partial charge in [-0.25, -0.2) is 14.4 Å². The molecule has 2 aromatic rings. The largest absolute Gasteiger partial charge is 0.287 e. The zero-order valence-electron chi connectivity index (χ0n) is 9.39. The first-order valence-corrected chi connectivity index (χ1v) is 5.45. The first-order chi connectivity index (χ1) is 8.25. The molecule has 0 amide bonds. The normalized spacial score (nSPS) is 14.4. The number of nitrogens with zero attached hydrogens (tertiary/aromatic N) is 4. The van der Waals surface area contributed by atoms with Gasteiger partial charge in [-0.3, -0.25) is 9.56 Å². The molecule has 17 heavy (non-hydrogen) atoms. The molecule has 0 unspecified atom stereocenters. The first-order valence-electron chi connectivity index (χ1n) is 5.45. The highest BCUT2D eigenvalue weighted by Gasteiger charge is 2.17. The molecule has 0 fully saturated rings. The molecule has 0 radical (unpaired) electrons. The Morgan fingerprint density at radius 2 is 2.18 bits per heavy atom. The number of imidazole rings is 1. The van der Waals surface area contributed by atoms with Gasteiger partial charge < -0.3 is 0 Å². The molecule has 1 aliphatic heterocycles. The summed E-state index contributed by atoms with van der Waals surface area (Å²) in [6, 6.07) is 3.05. The van der Waals surface area contributed by atoms with Crippen LogP contribution < -0.4 is 0 Å². The second kappa shape index (κ2) is 3.76. The minimum Gasteiger partial charge on any atom is -0.287 e. The minimum atomic E-state index is -0.333. The maximum Gasteiger partial charge on any atom is 0.141 e. The van der Waals surface area contributed by atoms with Crippen LogP contribution >= 0.6 is 0 Å². The quantitative estimate of drug-likeness (QED) is 0.749. The third kappa shape index (κ3) is 1.63. The number of rotatable bonds is 1. The number of pyridine rings is 1. The maximum atomic E-state index is 12.8. The third-order valence-electron chi connectivity index (χ3n) is 2.87. The Bertz CT molecular complexity index is 583. The summed E-state index contributed by atoms with van der Waals surface area (Å²) in [4.78, 5) is 12.7. The van der Waals surface area contributed by atoms with E-state index in [1.807, 2.05) is 11.5 Å². The fraction of sp³-hybridized carbons (Fsp3) is 0.250. The van der Waals surface area contributed by atoms with Crippen LogP contribution in [0.25, 0.3) is 5.82 Å². The van der Waals surface area contributed by atoms with E-state index >= 15 is 0 Å². The van der Waals surface area contributed by atoms with Gasteiger partial charge in [-0.15, -0.1) is 0 Å². The van der Waals surface area contributed by atoms with Gasteiger partial charge in [0.25, 0.3) is 0 Å². The molecular weight excluding hydrogens is 219 g/mol. The van der Waals surface area contributed by atoms with Crippen molar-refractivity contribution in [2.24, 2.45) is 4.99 Å².